The first kappa shape index (κ1) is 22.1. The van der Waals surface area contributed by atoms with Crippen LogP contribution in [0.5, 0.6) is 5.88 Å². The highest BCUT2D eigenvalue weighted by atomic mass is 32.2. The minimum atomic E-state index is -3.28. The number of hydrogen-bond acceptors (Lipinski definition) is 7. The van der Waals surface area contributed by atoms with Gasteiger partial charge in [0.25, 0.3) is 0 Å². The number of ether oxygens (including phenoxy) is 1. The second-order valence-electron chi connectivity index (χ2n) is 6.89. The Labute approximate surface area is 188 Å². The van der Waals surface area contributed by atoms with E-state index in [0.717, 1.165) is 17.0 Å². The Morgan fingerprint density at radius 3 is 2.42 bits per heavy atom. The quantitative estimate of drug-likeness (QED) is 0.441. The van der Waals surface area contributed by atoms with Crippen LogP contribution in [0.25, 0.3) is 10.8 Å². The number of anilines is 2. The van der Waals surface area contributed by atoms with Gasteiger partial charge in [-0.05, 0) is 48.4 Å². The van der Waals surface area contributed by atoms with E-state index in [4.69, 9.17) is 0 Å². The Kier molecular flexibility index (Phi) is 6.15. The number of rotatable bonds is 5. The van der Waals surface area contributed by atoms with Crippen LogP contribution in [0.2, 0.25) is 0 Å². The zero-order valence-electron chi connectivity index (χ0n) is 17.2. The highest BCUT2D eigenvalue weighted by Crippen LogP contribution is 2.22. The second-order valence-corrected chi connectivity index (χ2v) is 8.90. The first-order valence-electron chi connectivity index (χ1n) is 9.53. The first-order chi connectivity index (χ1) is 15.8. The summed E-state index contributed by atoms with van der Waals surface area (Å²) >= 11 is 0. The summed E-state index contributed by atoms with van der Waals surface area (Å²) in [5, 5.41) is 4.71. The molecule has 3 heterocycles. The van der Waals surface area contributed by atoms with Crippen LogP contribution >= 0.6 is 0 Å². The van der Waals surface area contributed by atoms with E-state index in [-0.39, 0.29) is 10.8 Å². The number of alkyl halides is 2. The van der Waals surface area contributed by atoms with Gasteiger partial charge in [-0.25, -0.2) is 23.4 Å². The molecule has 0 spiro atoms. The monoisotopic (exact) mass is 466 g/mol. The smallest absolute Gasteiger partial charge is 0.388 e. The Hall–Kier alpha value is -4.10. The molecule has 0 aliphatic carbocycles. The topological polar surface area (TPSA) is 94.1 Å². The normalized spacial score (nSPS) is 11.2. The minimum absolute atomic E-state index is 0.190. The molecule has 0 radical (unpaired) electrons. The van der Waals surface area contributed by atoms with E-state index in [0.29, 0.717) is 22.8 Å². The Balaban J connectivity index is 1.59. The largest absolute Gasteiger partial charge is 0.417 e. The molecule has 0 amide bonds. The fourth-order valence-corrected chi connectivity index (χ4v) is 3.54. The van der Waals surface area contributed by atoms with Crippen molar-refractivity contribution in [2.24, 2.45) is 0 Å². The maximum atomic E-state index is 12.2. The molecule has 1 aromatic carbocycles. The minimum Gasteiger partial charge on any atom is -0.417 e. The van der Waals surface area contributed by atoms with Crippen molar-refractivity contribution in [3.8, 4) is 17.7 Å². The fourth-order valence-electron chi connectivity index (χ4n) is 2.91. The average Bonchev–Trinajstić information content (AvgIpc) is 2.78. The van der Waals surface area contributed by atoms with Crippen LogP contribution < -0.4 is 10.1 Å². The lowest BCUT2D eigenvalue weighted by Gasteiger charge is -2.08. The van der Waals surface area contributed by atoms with Gasteiger partial charge in [-0.3, -0.25) is 0 Å². The van der Waals surface area contributed by atoms with Crippen LogP contribution in [0.3, 0.4) is 0 Å². The molecule has 7 nitrogen and oxygen atoms in total. The number of sulfone groups is 1. The van der Waals surface area contributed by atoms with E-state index in [1.807, 2.05) is 0 Å². The number of fused-ring (bicyclic) bond motifs is 1. The molecule has 0 saturated carbocycles. The molecular weight excluding hydrogens is 450 g/mol. The summed E-state index contributed by atoms with van der Waals surface area (Å²) in [7, 11) is -3.28. The van der Waals surface area contributed by atoms with Gasteiger partial charge in [0.2, 0.25) is 5.88 Å². The van der Waals surface area contributed by atoms with Gasteiger partial charge < -0.3 is 10.1 Å². The number of nitrogens with one attached hydrogen (secondary N) is 1. The zero-order chi connectivity index (χ0) is 23.4. The SMILES string of the molecule is CS(=O)(=O)c1ccc(Nc2cc3c(C#Cc4ccc(OC(F)F)nc4)nccc3cn2)cc1. The van der Waals surface area contributed by atoms with Gasteiger partial charge in [-0.2, -0.15) is 8.78 Å². The van der Waals surface area contributed by atoms with Crippen LogP contribution in [0.4, 0.5) is 20.3 Å². The van der Waals surface area contributed by atoms with Gasteiger partial charge >= 0.3 is 6.61 Å². The fraction of sp³-hybridized carbons (Fsp3) is 0.0870. The summed E-state index contributed by atoms with van der Waals surface area (Å²) in [5.41, 5.74) is 1.68. The zero-order valence-corrected chi connectivity index (χ0v) is 18.0. The van der Waals surface area contributed by atoms with Crippen molar-refractivity contribution in [1.82, 2.24) is 15.0 Å². The number of aromatic nitrogens is 3. The van der Waals surface area contributed by atoms with E-state index in [9.17, 15) is 17.2 Å². The Morgan fingerprint density at radius 2 is 1.76 bits per heavy atom. The first-order valence-corrected chi connectivity index (χ1v) is 11.4. The second kappa shape index (κ2) is 9.18. The number of benzene rings is 1. The maximum absolute atomic E-state index is 12.2. The number of nitrogens with zero attached hydrogens (tertiary/aromatic N) is 3. The Bertz CT molecular complexity index is 1460. The van der Waals surface area contributed by atoms with Crippen molar-refractivity contribution in [3.05, 3.63) is 78.4 Å². The highest BCUT2D eigenvalue weighted by molar-refractivity contribution is 7.90. The van der Waals surface area contributed by atoms with Crippen LogP contribution in [0, 0.1) is 11.8 Å². The standard InChI is InChI=1S/C23H16F2N4O3S/c1-33(30,31)18-6-4-17(5-7-18)29-21-12-19-16(14-27-21)10-11-26-20(19)8-2-15-3-9-22(28-13-15)32-23(24)25/h3-7,9-14,23H,1H3,(H,27,29). The van der Waals surface area contributed by atoms with Crippen molar-refractivity contribution in [1.29, 1.82) is 0 Å². The summed E-state index contributed by atoms with van der Waals surface area (Å²) in [6.45, 7) is -2.94. The molecule has 3 aromatic heterocycles. The van der Waals surface area contributed by atoms with Crippen molar-refractivity contribution in [2.45, 2.75) is 11.5 Å². The highest BCUT2D eigenvalue weighted by Gasteiger charge is 2.08. The molecule has 1 N–H and O–H groups in total. The lowest BCUT2D eigenvalue weighted by molar-refractivity contribution is -0.0528. The molecule has 33 heavy (non-hydrogen) atoms. The average molecular weight is 466 g/mol. The summed E-state index contributed by atoms with van der Waals surface area (Å²) in [4.78, 5) is 12.7. The molecule has 0 fully saturated rings. The summed E-state index contributed by atoms with van der Waals surface area (Å²) in [6, 6.07) is 12.8. The van der Waals surface area contributed by atoms with Gasteiger partial charge in [0.05, 0.1) is 4.90 Å². The molecule has 0 saturated heterocycles. The summed E-state index contributed by atoms with van der Waals surface area (Å²) in [6.07, 6.45) is 5.78. The predicted molar refractivity (Wildman–Crippen MR) is 119 cm³/mol. The summed E-state index contributed by atoms with van der Waals surface area (Å²) in [5.74, 6) is 6.21. The summed E-state index contributed by atoms with van der Waals surface area (Å²) < 4.78 is 51.9. The van der Waals surface area contributed by atoms with Crippen molar-refractivity contribution >= 4 is 32.1 Å². The third-order valence-electron chi connectivity index (χ3n) is 4.47. The molecule has 0 atom stereocenters. The van der Waals surface area contributed by atoms with E-state index < -0.39 is 16.4 Å². The van der Waals surface area contributed by atoms with Gasteiger partial charge in [0.1, 0.15) is 11.5 Å². The number of hydrogen-bond donors (Lipinski definition) is 1. The predicted octanol–water partition coefficient (Wildman–Crippen LogP) is 4.17. The maximum Gasteiger partial charge on any atom is 0.388 e. The number of pyridine rings is 3. The van der Waals surface area contributed by atoms with E-state index in [1.54, 1.807) is 36.7 Å². The molecular formula is C23H16F2N4O3S. The molecule has 10 heteroatoms. The molecule has 166 valence electrons. The van der Waals surface area contributed by atoms with Crippen molar-refractivity contribution in [2.75, 3.05) is 11.6 Å². The lowest BCUT2D eigenvalue weighted by Crippen LogP contribution is -2.03. The molecule has 0 unspecified atom stereocenters. The third kappa shape index (κ3) is 5.58. The molecule has 0 bridgehead atoms. The van der Waals surface area contributed by atoms with E-state index in [2.05, 4.69) is 36.8 Å². The van der Waals surface area contributed by atoms with Crippen LogP contribution in [-0.2, 0) is 9.84 Å². The van der Waals surface area contributed by atoms with Gasteiger partial charge in [0.15, 0.2) is 9.84 Å². The lowest BCUT2D eigenvalue weighted by atomic mass is 10.1. The van der Waals surface area contributed by atoms with Crippen molar-refractivity contribution < 1.29 is 21.9 Å². The van der Waals surface area contributed by atoms with E-state index >= 15 is 0 Å². The molecule has 4 aromatic rings. The van der Waals surface area contributed by atoms with Crippen LogP contribution in [-0.4, -0.2) is 36.2 Å². The number of halogens is 2. The molecule has 4 rings (SSSR count). The molecule has 0 aliphatic rings. The van der Waals surface area contributed by atoms with Crippen molar-refractivity contribution in [3.63, 3.8) is 0 Å². The van der Waals surface area contributed by atoms with Crippen LogP contribution in [0.15, 0.2) is 72.0 Å². The van der Waals surface area contributed by atoms with Gasteiger partial charge in [-0.15, -0.1) is 0 Å². The molecule has 0 aliphatic heterocycles. The Morgan fingerprint density at radius 1 is 0.970 bits per heavy atom. The van der Waals surface area contributed by atoms with E-state index in [1.165, 1.54) is 30.5 Å². The van der Waals surface area contributed by atoms with Gasteiger partial charge in [-0.1, -0.05) is 5.92 Å². The van der Waals surface area contributed by atoms with Gasteiger partial charge in [0, 0.05) is 52.9 Å². The third-order valence-corrected chi connectivity index (χ3v) is 5.60. The van der Waals surface area contributed by atoms with Crippen LogP contribution in [0.1, 0.15) is 11.3 Å².